The highest BCUT2D eigenvalue weighted by atomic mass is 16.6. The topological polar surface area (TPSA) is 87.0 Å². The van der Waals surface area contributed by atoms with Gasteiger partial charge >= 0.3 is 0 Å². The van der Waals surface area contributed by atoms with E-state index in [2.05, 4.69) is 4.98 Å². The first-order valence-electron chi connectivity index (χ1n) is 4.21. The van der Waals surface area contributed by atoms with E-state index in [9.17, 15) is 10.1 Å². The van der Waals surface area contributed by atoms with Gasteiger partial charge in [0.15, 0.2) is 0 Å². The Bertz CT molecular complexity index is 493. The van der Waals surface area contributed by atoms with Crippen molar-refractivity contribution in [3.63, 3.8) is 0 Å². The zero-order valence-corrected chi connectivity index (χ0v) is 7.70. The number of nitrogen functional groups attached to an aromatic ring is 1. The normalized spacial score (nSPS) is 10.1. The zero-order valence-electron chi connectivity index (χ0n) is 7.70. The van der Waals surface area contributed by atoms with Crippen LogP contribution in [0.15, 0.2) is 36.9 Å². The van der Waals surface area contributed by atoms with Gasteiger partial charge < -0.3 is 10.3 Å². The fraction of sp³-hybridized carbons (Fsp3) is 0. The van der Waals surface area contributed by atoms with Crippen molar-refractivity contribution in [2.45, 2.75) is 0 Å². The number of rotatable bonds is 2. The van der Waals surface area contributed by atoms with Gasteiger partial charge in [-0.1, -0.05) is 0 Å². The molecule has 0 aliphatic heterocycles. The SMILES string of the molecule is Nc1ccc(-n2ccnc2)cc1[N+](=O)[O-]. The summed E-state index contributed by atoms with van der Waals surface area (Å²) in [7, 11) is 0. The molecule has 1 heterocycles. The molecule has 2 rings (SSSR count). The second kappa shape index (κ2) is 3.41. The highest BCUT2D eigenvalue weighted by Crippen LogP contribution is 2.23. The van der Waals surface area contributed by atoms with Gasteiger partial charge in [0.05, 0.1) is 16.9 Å². The van der Waals surface area contributed by atoms with Crippen LogP contribution in [0.5, 0.6) is 0 Å². The number of nitro groups is 1. The molecule has 0 aliphatic carbocycles. The van der Waals surface area contributed by atoms with Crippen molar-refractivity contribution in [3.8, 4) is 5.69 Å². The van der Waals surface area contributed by atoms with Crippen molar-refractivity contribution < 1.29 is 4.92 Å². The molecule has 0 spiro atoms. The van der Waals surface area contributed by atoms with Gasteiger partial charge in [-0.2, -0.15) is 0 Å². The van der Waals surface area contributed by atoms with Crippen LogP contribution in [-0.2, 0) is 0 Å². The Kier molecular flexibility index (Phi) is 2.09. The minimum atomic E-state index is -0.504. The maximum absolute atomic E-state index is 10.6. The lowest BCUT2D eigenvalue weighted by molar-refractivity contribution is -0.383. The smallest absolute Gasteiger partial charge is 0.294 e. The number of nitro benzene ring substituents is 1. The lowest BCUT2D eigenvalue weighted by Crippen LogP contribution is -1.98. The van der Waals surface area contributed by atoms with E-state index in [4.69, 9.17) is 5.73 Å². The minimum absolute atomic E-state index is 0.0961. The Hall–Kier alpha value is -2.37. The van der Waals surface area contributed by atoms with Crippen LogP contribution < -0.4 is 5.73 Å². The molecule has 0 unspecified atom stereocenters. The van der Waals surface area contributed by atoms with Crippen LogP contribution in [0.1, 0.15) is 0 Å². The average Bonchev–Trinajstić information content (AvgIpc) is 2.71. The molecule has 1 aromatic heterocycles. The molecule has 0 saturated heterocycles. The Morgan fingerprint density at radius 3 is 2.87 bits per heavy atom. The van der Waals surface area contributed by atoms with Gasteiger partial charge in [0.25, 0.3) is 5.69 Å². The Morgan fingerprint density at radius 2 is 2.27 bits per heavy atom. The summed E-state index contributed by atoms with van der Waals surface area (Å²) in [5.41, 5.74) is 6.20. The molecule has 0 saturated carbocycles. The number of benzene rings is 1. The molecule has 0 aliphatic rings. The van der Waals surface area contributed by atoms with E-state index in [1.807, 2.05) is 0 Å². The third-order valence-electron chi connectivity index (χ3n) is 2.01. The minimum Gasteiger partial charge on any atom is -0.393 e. The Labute approximate surface area is 85.1 Å². The van der Waals surface area contributed by atoms with Crippen molar-refractivity contribution in [1.29, 1.82) is 0 Å². The highest BCUT2D eigenvalue weighted by Gasteiger charge is 2.12. The maximum atomic E-state index is 10.6. The lowest BCUT2D eigenvalue weighted by Gasteiger charge is -2.02. The molecule has 0 bridgehead atoms. The molecular formula is C9H8N4O2. The van der Waals surface area contributed by atoms with E-state index in [1.165, 1.54) is 12.1 Å². The van der Waals surface area contributed by atoms with E-state index in [0.29, 0.717) is 5.69 Å². The number of nitrogens with two attached hydrogens (primary N) is 1. The molecule has 0 radical (unpaired) electrons. The van der Waals surface area contributed by atoms with Crippen LogP contribution >= 0.6 is 0 Å². The van der Waals surface area contributed by atoms with Gasteiger partial charge in [0, 0.05) is 18.5 Å². The third kappa shape index (κ3) is 1.64. The molecule has 1 aromatic carbocycles. The van der Waals surface area contributed by atoms with Crippen LogP contribution in [0.25, 0.3) is 5.69 Å². The van der Waals surface area contributed by atoms with Crippen LogP contribution in [-0.4, -0.2) is 14.5 Å². The zero-order chi connectivity index (χ0) is 10.8. The Balaban J connectivity index is 2.52. The summed E-state index contributed by atoms with van der Waals surface area (Å²) in [5.74, 6) is 0. The summed E-state index contributed by atoms with van der Waals surface area (Å²) in [6.07, 6.45) is 4.87. The summed E-state index contributed by atoms with van der Waals surface area (Å²) < 4.78 is 1.67. The molecule has 0 amide bonds. The molecule has 6 heteroatoms. The quantitative estimate of drug-likeness (QED) is 0.454. The van der Waals surface area contributed by atoms with E-state index in [0.717, 1.165) is 0 Å². The van der Waals surface area contributed by atoms with Crippen molar-refractivity contribution in [2.75, 3.05) is 5.73 Å². The number of aromatic nitrogens is 2. The molecule has 2 N–H and O–H groups in total. The van der Waals surface area contributed by atoms with E-state index in [-0.39, 0.29) is 11.4 Å². The summed E-state index contributed by atoms with van der Waals surface area (Å²) in [6, 6.07) is 4.62. The molecule has 76 valence electrons. The number of anilines is 1. The van der Waals surface area contributed by atoms with Crippen LogP contribution in [0.2, 0.25) is 0 Å². The second-order valence-corrected chi connectivity index (χ2v) is 2.97. The standard InChI is InChI=1S/C9H8N4O2/c10-8-2-1-7(5-9(8)13(14)15)12-4-3-11-6-12/h1-6H,10H2. The summed E-state index contributed by atoms with van der Waals surface area (Å²) in [6.45, 7) is 0. The van der Waals surface area contributed by atoms with Gasteiger partial charge in [0.1, 0.15) is 5.69 Å². The molecule has 6 nitrogen and oxygen atoms in total. The molecular weight excluding hydrogens is 196 g/mol. The second-order valence-electron chi connectivity index (χ2n) is 2.97. The molecule has 0 atom stereocenters. The third-order valence-corrected chi connectivity index (χ3v) is 2.01. The number of nitrogens with zero attached hydrogens (tertiary/aromatic N) is 3. The average molecular weight is 204 g/mol. The van der Waals surface area contributed by atoms with Crippen molar-refractivity contribution in [3.05, 3.63) is 47.0 Å². The lowest BCUT2D eigenvalue weighted by atomic mass is 10.2. The number of hydrogen-bond acceptors (Lipinski definition) is 4. The van der Waals surface area contributed by atoms with Crippen LogP contribution in [0.4, 0.5) is 11.4 Å². The monoisotopic (exact) mass is 204 g/mol. The van der Waals surface area contributed by atoms with E-state index < -0.39 is 4.92 Å². The fourth-order valence-corrected chi connectivity index (χ4v) is 1.26. The first-order valence-corrected chi connectivity index (χ1v) is 4.21. The maximum Gasteiger partial charge on any atom is 0.294 e. The highest BCUT2D eigenvalue weighted by molar-refractivity contribution is 5.62. The van der Waals surface area contributed by atoms with Gasteiger partial charge in [0.2, 0.25) is 0 Å². The molecule has 0 fully saturated rings. The largest absolute Gasteiger partial charge is 0.393 e. The summed E-state index contributed by atoms with van der Waals surface area (Å²) in [4.78, 5) is 14.0. The first kappa shape index (κ1) is 9.20. The van der Waals surface area contributed by atoms with Crippen LogP contribution in [0, 0.1) is 10.1 Å². The first-order chi connectivity index (χ1) is 7.18. The van der Waals surface area contributed by atoms with Gasteiger partial charge in [-0.3, -0.25) is 10.1 Å². The summed E-state index contributed by atoms with van der Waals surface area (Å²) >= 11 is 0. The predicted octanol–water partition coefficient (Wildman–Crippen LogP) is 1.36. The predicted molar refractivity (Wildman–Crippen MR) is 54.6 cm³/mol. The summed E-state index contributed by atoms with van der Waals surface area (Å²) in [5, 5.41) is 10.6. The molecule has 15 heavy (non-hydrogen) atoms. The number of imidazole rings is 1. The van der Waals surface area contributed by atoms with Gasteiger partial charge in [-0.05, 0) is 12.1 Å². The van der Waals surface area contributed by atoms with E-state index >= 15 is 0 Å². The van der Waals surface area contributed by atoms with Gasteiger partial charge in [-0.25, -0.2) is 4.98 Å². The van der Waals surface area contributed by atoms with Crippen molar-refractivity contribution in [1.82, 2.24) is 9.55 Å². The van der Waals surface area contributed by atoms with Crippen molar-refractivity contribution >= 4 is 11.4 Å². The van der Waals surface area contributed by atoms with Crippen molar-refractivity contribution in [2.24, 2.45) is 0 Å². The molecule has 2 aromatic rings. The fourth-order valence-electron chi connectivity index (χ4n) is 1.26. The van der Waals surface area contributed by atoms with Crippen LogP contribution in [0.3, 0.4) is 0 Å². The van der Waals surface area contributed by atoms with E-state index in [1.54, 1.807) is 29.4 Å². The Morgan fingerprint density at radius 1 is 1.47 bits per heavy atom. The van der Waals surface area contributed by atoms with Gasteiger partial charge in [-0.15, -0.1) is 0 Å². The number of hydrogen-bond donors (Lipinski definition) is 1.